The molecule has 1 aromatic rings. The molecule has 0 saturated carbocycles. The van der Waals surface area contributed by atoms with Crippen LogP contribution in [0.4, 0.5) is 0 Å². The highest BCUT2D eigenvalue weighted by atomic mass is 16.5. The Morgan fingerprint density at radius 3 is 2.44 bits per heavy atom. The van der Waals surface area contributed by atoms with Gasteiger partial charge in [-0.3, -0.25) is 4.79 Å². The summed E-state index contributed by atoms with van der Waals surface area (Å²) in [5.41, 5.74) is 0.122. The van der Waals surface area contributed by atoms with Crippen LogP contribution in [0, 0.1) is 5.41 Å². The molecule has 88 valence electrons. The third-order valence-electron chi connectivity index (χ3n) is 2.82. The summed E-state index contributed by atoms with van der Waals surface area (Å²) in [5.74, 6) is -0.393. The van der Waals surface area contributed by atoms with Crippen molar-refractivity contribution in [2.75, 3.05) is 7.11 Å². The van der Waals surface area contributed by atoms with Crippen LogP contribution >= 0.6 is 0 Å². The van der Waals surface area contributed by atoms with Gasteiger partial charge in [0.1, 0.15) is 0 Å². The zero-order valence-electron chi connectivity index (χ0n) is 9.93. The Balaban J connectivity index is 2.72. The van der Waals surface area contributed by atoms with Gasteiger partial charge in [0, 0.05) is 0 Å². The number of aliphatic hydroxyl groups excluding tert-OH is 1. The van der Waals surface area contributed by atoms with E-state index in [2.05, 4.69) is 4.74 Å². The second-order valence-electron chi connectivity index (χ2n) is 4.42. The van der Waals surface area contributed by atoms with E-state index in [1.807, 2.05) is 30.3 Å². The van der Waals surface area contributed by atoms with E-state index in [1.165, 1.54) is 7.11 Å². The number of carbonyl (C=O) groups is 1. The smallest absolute Gasteiger partial charge is 0.313 e. The maximum absolute atomic E-state index is 11.5. The van der Waals surface area contributed by atoms with E-state index >= 15 is 0 Å². The predicted molar refractivity (Wildman–Crippen MR) is 61.9 cm³/mol. The van der Waals surface area contributed by atoms with E-state index in [1.54, 1.807) is 13.8 Å². The average Bonchev–Trinajstić information content (AvgIpc) is 2.29. The fraction of sp³-hybridized carbons (Fsp3) is 0.462. The van der Waals surface area contributed by atoms with Crippen LogP contribution < -0.4 is 0 Å². The summed E-state index contributed by atoms with van der Waals surface area (Å²) in [6.07, 6.45) is -0.300. The van der Waals surface area contributed by atoms with E-state index in [0.29, 0.717) is 6.42 Å². The molecular weight excluding hydrogens is 204 g/mol. The van der Waals surface area contributed by atoms with E-state index < -0.39 is 17.5 Å². The van der Waals surface area contributed by atoms with Gasteiger partial charge in [-0.1, -0.05) is 30.3 Å². The van der Waals surface area contributed by atoms with Gasteiger partial charge in [0.15, 0.2) is 0 Å². The number of hydrogen-bond donors (Lipinski definition) is 1. The molecule has 0 unspecified atom stereocenters. The molecule has 0 aliphatic rings. The number of benzene rings is 1. The highest BCUT2D eigenvalue weighted by molar-refractivity contribution is 5.76. The van der Waals surface area contributed by atoms with Gasteiger partial charge in [0.05, 0.1) is 18.6 Å². The zero-order chi connectivity index (χ0) is 12.2. The Kier molecular flexibility index (Phi) is 4.07. The third kappa shape index (κ3) is 2.83. The molecule has 3 nitrogen and oxygen atoms in total. The van der Waals surface area contributed by atoms with Gasteiger partial charge in [-0.05, 0) is 25.8 Å². The van der Waals surface area contributed by atoms with E-state index in [4.69, 9.17) is 0 Å². The monoisotopic (exact) mass is 222 g/mol. The van der Waals surface area contributed by atoms with Crippen molar-refractivity contribution in [2.45, 2.75) is 26.4 Å². The predicted octanol–water partition coefficient (Wildman–Crippen LogP) is 1.79. The standard InChI is InChI=1S/C13H18O3/c1-13(2,12(15)16-3)11(14)9-10-7-5-4-6-8-10/h4-8,11,14H,9H2,1-3H3/t11-/m1/s1. The number of esters is 1. The van der Waals surface area contributed by atoms with Crippen molar-refractivity contribution in [2.24, 2.45) is 5.41 Å². The SMILES string of the molecule is COC(=O)C(C)(C)[C@H](O)Cc1ccccc1. The number of hydrogen-bond acceptors (Lipinski definition) is 3. The first-order valence-corrected chi connectivity index (χ1v) is 5.29. The fourth-order valence-electron chi connectivity index (χ4n) is 1.49. The van der Waals surface area contributed by atoms with Crippen LogP contribution in [0.15, 0.2) is 30.3 Å². The molecule has 0 bridgehead atoms. The van der Waals surface area contributed by atoms with E-state index in [9.17, 15) is 9.90 Å². The summed E-state index contributed by atoms with van der Waals surface area (Å²) in [6, 6.07) is 9.59. The van der Waals surface area contributed by atoms with Gasteiger partial charge in [-0.15, -0.1) is 0 Å². The molecule has 0 aliphatic heterocycles. The van der Waals surface area contributed by atoms with E-state index in [-0.39, 0.29) is 0 Å². The van der Waals surface area contributed by atoms with Crippen molar-refractivity contribution in [1.29, 1.82) is 0 Å². The number of methoxy groups -OCH3 is 1. The van der Waals surface area contributed by atoms with Gasteiger partial charge in [0.25, 0.3) is 0 Å². The van der Waals surface area contributed by atoms with Crippen LogP contribution in [-0.4, -0.2) is 24.3 Å². The number of carbonyl (C=O) groups excluding carboxylic acids is 1. The number of aliphatic hydroxyl groups is 1. The fourth-order valence-corrected chi connectivity index (χ4v) is 1.49. The molecule has 3 heteroatoms. The summed E-state index contributed by atoms with van der Waals surface area (Å²) in [6.45, 7) is 3.37. The second kappa shape index (κ2) is 5.12. The van der Waals surface area contributed by atoms with Gasteiger partial charge in [0.2, 0.25) is 0 Å². The molecule has 16 heavy (non-hydrogen) atoms. The van der Waals surface area contributed by atoms with Crippen LogP contribution in [0.5, 0.6) is 0 Å². The topological polar surface area (TPSA) is 46.5 Å². The van der Waals surface area contributed by atoms with Crippen LogP contribution in [0.25, 0.3) is 0 Å². The first-order chi connectivity index (χ1) is 7.48. The summed E-state index contributed by atoms with van der Waals surface area (Å²) < 4.78 is 4.67. The number of rotatable bonds is 4. The molecule has 1 rings (SSSR count). The Labute approximate surface area is 96.1 Å². The molecule has 0 heterocycles. The molecular formula is C13H18O3. The van der Waals surface area contributed by atoms with Crippen molar-refractivity contribution >= 4 is 5.97 Å². The number of ether oxygens (including phenoxy) is 1. The van der Waals surface area contributed by atoms with Crippen LogP contribution in [0.2, 0.25) is 0 Å². The summed E-state index contributed by atoms with van der Waals surface area (Å²) in [7, 11) is 1.33. The minimum atomic E-state index is -0.884. The molecule has 0 amide bonds. The second-order valence-corrected chi connectivity index (χ2v) is 4.42. The minimum Gasteiger partial charge on any atom is -0.469 e. The summed E-state index contributed by atoms with van der Waals surface area (Å²) in [5, 5.41) is 10.0. The molecule has 0 saturated heterocycles. The lowest BCUT2D eigenvalue weighted by atomic mass is 9.83. The maximum Gasteiger partial charge on any atom is 0.313 e. The van der Waals surface area contributed by atoms with Crippen molar-refractivity contribution in [1.82, 2.24) is 0 Å². The van der Waals surface area contributed by atoms with Gasteiger partial charge in [-0.25, -0.2) is 0 Å². The zero-order valence-corrected chi connectivity index (χ0v) is 9.93. The Bertz CT molecular complexity index is 343. The van der Waals surface area contributed by atoms with E-state index in [0.717, 1.165) is 5.56 Å². The molecule has 0 spiro atoms. The highest BCUT2D eigenvalue weighted by Crippen LogP contribution is 2.25. The van der Waals surface area contributed by atoms with Crippen molar-refractivity contribution in [3.8, 4) is 0 Å². The molecule has 0 aliphatic carbocycles. The molecule has 1 atom stereocenters. The Hall–Kier alpha value is -1.35. The van der Waals surface area contributed by atoms with Crippen LogP contribution in [-0.2, 0) is 16.0 Å². The maximum atomic E-state index is 11.5. The lowest BCUT2D eigenvalue weighted by Crippen LogP contribution is -2.39. The van der Waals surface area contributed by atoms with Crippen molar-refractivity contribution in [3.63, 3.8) is 0 Å². The molecule has 0 fully saturated rings. The normalized spacial score (nSPS) is 13.2. The lowest BCUT2D eigenvalue weighted by Gasteiger charge is -2.27. The summed E-state index contributed by atoms with van der Waals surface area (Å²) >= 11 is 0. The largest absolute Gasteiger partial charge is 0.469 e. The first-order valence-electron chi connectivity index (χ1n) is 5.29. The van der Waals surface area contributed by atoms with Gasteiger partial charge < -0.3 is 9.84 Å². The molecule has 1 N–H and O–H groups in total. The molecule has 0 radical (unpaired) electrons. The quantitative estimate of drug-likeness (QED) is 0.790. The highest BCUT2D eigenvalue weighted by Gasteiger charge is 2.36. The lowest BCUT2D eigenvalue weighted by molar-refractivity contribution is -0.157. The molecule has 1 aromatic carbocycles. The van der Waals surface area contributed by atoms with Crippen LogP contribution in [0.3, 0.4) is 0 Å². The van der Waals surface area contributed by atoms with Crippen molar-refractivity contribution < 1.29 is 14.6 Å². The Morgan fingerprint density at radius 1 is 1.38 bits per heavy atom. The van der Waals surface area contributed by atoms with Gasteiger partial charge in [-0.2, -0.15) is 0 Å². The Morgan fingerprint density at radius 2 is 1.94 bits per heavy atom. The van der Waals surface area contributed by atoms with Gasteiger partial charge >= 0.3 is 5.97 Å². The minimum absolute atomic E-state index is 0.393. The average molecular weight is 222 g/mol. The van der Waals surface area contributed by atoms with Crippen molar-refractivity contribution in [3.05, 3.63) is 35.9 Å². The third-order valence-corrected chi connectivity index (χ3v) is 2.82. The van der Waals surface area contributed by atoms with Crippen LogP contribution in [0.1, 0.15) is 19.4 Å². The first kappa shape index (κ1) is 12.7. The molecule has 0 aromatic heterocycles. The summed E-state index contributed by atoms with van der Waals surface area (Å²) in [4.78, 5) is 11.5.